The number of aryl methyl sites for hydroxylation is 1. The van der Waals surface area contributed by atoms with Gasteiger partial charge in [0.15, 0.2) is 0 Å². The quantitative estimate of drug-likeness (QED) is 0.864. The zero-order valence-corrected chi connectivity index (χ0v) is 11.3. The highest BCUT2D eigenvalue weighted by atomic mass is 16.5. The molecule has 0 saturated carbocycles. The molecular formula is C16H20N2O. The molecule has 1 unspecified atom stereocenters. The lowest BCUT2D eigenvalue weighted by Crippen LogP contribution is -2.12. The van der Waals surface area contributed by atoms with Crippen LogP contribution in [0.5, 0.6) is 5.75 Å². The van der Waals surface area contributed by atoms with E-state index in [1.54, 1.807) is 19.5 Å². The number of pyridine rings is 1. The van der Waals surface area contributed by atoms with Gasteiger partial charge in [-0.3, -0.25) is 4.98 Å². The van der Waals surface area contributed by atoms with Gasteiger partial charge in [-0.25, -0.2) is 0 Å². The minimum Gasteiger partial charge on any atom is -0.495 e. The maximum Gasteiger partial charge on any atom is 0.141 e. The van der Waals surface area contributed by atoms with Crippen LogP contribution >= 0.6 is 0 Å². The van der Waals surface area contributed by atoms with Gasteiger partial charge in [0.05, 0.1) is 13.3 Å². The number of ether oxygens (including phenoxy) is 1. The molecule has 0 spiro atoms. The molecular weight excluding hydrogens is 236 g/mol. The van der Waals surface area contributed by atoms with Crippen LogP contribution < -0.4 is 10.5 Å². The van der Waals surface area contributed by atoms with Crippen molar-refractivity contribution >= 4 is 0 Å². The first kappa shape index (κ1) is 13.6. The fourth-order valence-corrected chi connectivity index (χ4v) is 2.19. The molecule has 1 aromatic carbocycles. The van der Waals surface area contributed by atoms with Crippen molar-refractivity contribution in [1.82, 2.24) is 4.98 Å². The van der Waals surface area contributed by atoms with Crippen LogP contribution in [-0.2, 0) is 6.42 Å². The largest absolute Gasteiger partial charge is 0.495 e. The SMILES string of the molecule is COc1cnccc1C(N)CCCc1ccccc1. The number of methoxy groups -OCH3 is 1. The van der Waals surface area contributed by atoms with Gasteiger partial charge in [0, 0.05) is 17.8 Å². The molecule has 1 aromatic heterocycles. The molecule has 3 nitrogen and oxygen atoms in total. The van der Waals surface area contributed by atoms with E-state index in [1.807, 2.05) is 12.1 Å². The Morgan fingerprint density at radius 1 is 1.21 bits per heavy atom. The van der Waals surface area contributed by atoms with Crippen molar-refractivity contribution < 1.29 is 4.74 Å². The van der Waals surface area contributed by atoms with Gasteiger partial charge in [0.2, 0.25) is 0 Å². The Kier molecular flexibility index (Phi) is 4.93. The average Bonchev–Trinajstić information content (AvgIpc) is 2.48. The minimum absolute atomic E-state index is 0.00154. The number of nitrogens with two attached hydrogens (primary N) is 1. The lowest BCUT2D eigenvalue weighted by atomic mass is 10.00. The molecule has 0 bridgehead atoms. The van der Waals surface area contributed by atoms with E-state index in [4.69, 9.17) is 10.5 Å². The Balaban J connectivity index is 1.89. The van der Waals surface area contributed by atoms with Crippen molar-refractivity contribution in [3.05, 3.63) is 59.9 Å². The highest BCUT2D eigenvalue weighted by molar-refractivity contribution is 5.32. The second-order valence-electron chi connectivity index (χ2n) is 4.60. The first-order valence-electron chi connectivity index (χ1n) is 6.58. The van der Waals surface area contributed by atoms with Crippen LogP contribution in [0.3, 0.4) is 0 Å². The van der Waals surface area contributed by atoms with Gasteiger partial charge in [0.25, 0.3) is 0 Å². The van der Waals surface area contributed by atoms with Gasteiger partial charge >= 0.3 is 0 Å². The molecule has 1 atom stereocenters. The maximum absolute atomic E-state index is 6.23. The van der Waals surface area contributed by atoms with E-state index in [-0.39, 0.29) is 6.04 Å². The highest BCUT2D eigenvalue weighted by Crippen LogP contribution is 2.25. The van der Waals surface area contributed by atoms with E-state index in [0.717, 1.165) is 30.6 Å². The van der Waals surface area contributed by atoms with E-state index in [9.17, 15) is 0 Å². The van der Waals surface area contributed by atoms with Gasteiger partial charge in [-0.2, -0.15) is 0 Å². The molecule has 2 rings (SSSR count). The zero-order chi connectivity index (χ0) is 13.5. The van der Waals surface area contributed by atoms with E-state index < -0.39 is 0 Å². The number of hydrogen-bond donors (Lipinski definition) is 1. The van der Waals surface area contributed by atoms with E-state index in [2.05, 4.69) is 29.2 Å². The third kappa shape index (κ3) is 3.80. The van der Waals surface area contributed by atoms with Gasteiger partial charge in [-0.1, -0.05) is 30.3 Å². The molecule has 0 aliphatic rings. The van der Waals surface area contributed by atoms with Crippen molar-refractivity contribution in [2.45, 2.75) is 25.3 Å². The molecule has 19 heavy (non-hydrogen) atoms. The molecule has 0 aliphatic heterocycles. The Morgan fingerprint density at radius 3 is 2.74 bits per heavy atom. The normalized spacial score (nSPS) is 12.1. The summed E-state index contributed by atoms with van der Waals surface area (Å²) < 4.78 is 5.29. The number of benzene rings is 1. The number of rotatable bonds is 6. The lowest BCUT2D eigenvalue weighted by molar-refractivity contribution is 0.401. The molecule has 0 aliphatic carbocycles. The Morgan fingerprint density at radius 2 is 2.00 bits per heavy atom. The molecule has 0 fully saturated rings. The lowest BCUT2D eigenvalue weighted by Gasteiger charge is -2.15. The average molecular weight is 256 g/mol. The van der Waals surface area contributed by atoms with E-state index in [0.29, 0.717) is 0 Å². The number of aromatic nitrogens is 1. The summed E-state index contributed by atoms with van der Waals surface area (Å²) in [5.41, 5.74) is 8.62. The summed E-state index contributed by atoms with van der Waals surface area (Å²) in [5.74, 6) is 0.773. The summed E-state index contributed by atoms with van der Waals surface area (Å²) in [6, 6.07) is 12.4. The summed E-state index contributed by atoms with van der Waals surface area (Å²) in [5, 5.41) is 0. The Bertz CT molecular complexity index is 499. The van der Waals surface area contributed by atoms with Crippen molar-refractivity contribution in [2.24, 2.45) is 5.73 Å². The van der Waals surface area contributed by atoms with Crippen LogP contribution in [0.15, 0.2) is 48.8 Å². The van der Waals surface area contributed by atoms with Gasteiger partial charge in [-0.15, -0.1) is 0 Å². The molecule has 100 valence electrons. The molecule has 2 N–H and O–H groups in total. The second-order valence-corrected chi connectivity index (χ2v) is 4.60. The van der Waals surface area contributed by atoms with Crippen LogP contribution in [0.2, 0.25) is 0 Å². The predicted molar refractivity (Wildman–Crippen MR) is 77.1 cm³/mol. The minimum atomic E-state index is 0.00154. The van der Waals surface area contributed by atoms with Crippen LogP contribution in [0, 0.1) is 0 Å². The van der Waals surface area contributed by atoms with Crippen molar-refractivity contribution in [2.75, 3.05) is 7.11 Å². The number of nitrogens with zero attached hydrogens (tertiary/aromatic N) is 1. The third-order valence-electron chi connectivity index (χ3n) is 3.26. The molecule has 0 radical (unpaired) electrons. The Labute approximate surface area is 114 Å². The number of hydrogen-bond acceptors (Lipinski definition) is 3. The van der Waals surface area contributed by atoms with Crippen LogP contribution in [0.25, 0.3) is 0 Å². The molecule has 3 heteroatoms. The van der Waals surface area contributed by atoms with E-state index in [1.165, 1.54) is 5.56 Å². The molecule has 1 heterocycles. The maximum atomic E-state index is 6.23. The standard InChI is InChI=1S/C16H20N2O/c1-19-16-12-18-11-10-14(16)15(17)9-5-8-13-6-3-2-4-7-13/h2-4,6-7,10-12,15H,5,8-9,17H2,1H3. The van der Waals surface area contributed by atoms with Crippen LogP contribution in [0.4, 0.5) is 0 Å². The molecule has 0 saturated heterocycles. The first-order chi connectivity index (χ1) is 9.31. The summed E-state index contributed by atoms with van der Waals surface area (Å²) in [6.45, 7) is 0. The topological polar surface area (TPSA) is 48.1 Å². The molecule has 0 amide bonds. The zero-order valence-electron chi connectivity index (χ0n) is 11.3. The van der Waals surface area contributed by atoms with Crippen molar-refractivity contribution in [3.8, 4) is 5.75 Å². The van der Waals surface area contributed by atoms with E-state index >= 15 is 0 Å². The predicted octanol–water partition coefficient (Wildman–Crippen LogP) is 3.11. The fraction of sp³-hybridized carbons (Fsp3) is 0.312. The van der Waals surface area contributed by atoms with Gasteiger partial charge < -0.3 is 10.5 Å². The van der Waals surface area contributed by atoms with Crippen LogP contribution in [0.1, 0.15) is 30.0 Å². The summed E-state index contributed by atoms with van der Waals surface area (Å²) in [7, 11) is 1.65. The summed E-state index contributed by atoms with van der Waals surface area (Å²) >= 11 is 0. The van der Waals surface area contributed by atoms with Gasteiger partial charge in [-0.05, 0) is 30.9 Å². The monoisotopic (exact) mass is 256 g/mol. The summed E-state index contributed by atoms with van der Waals surface area (Å²) in [4.78, 5) is 4.05. The smallest absolute Gasteiger partial charge is 0.141 e. The fourth-order valence-electron chi connectivity index (χ4n) is 2.19. The van der Waals surface area contributed by atoms with Gasteiger partial charge in [0.1, 0.15) is 5.75 Å². The third-order valence-corrected chi connectivity index (χ3v) is 3.26. The van der Waals surface area contributed by atoms with Crippen molar-refractivity contribution in [1.29, 1.82) is 0 Å². The molecule has 2 aromatic rings. The summed E-state index contributed by atoms with van der Waals surface area (Å²) in [6.07, 6.45) is 6.54. The van der Waals surface area contributed by atoms with Crippen LogP contribution in [-0.4, -0.2) is 12.1 Å². The van der Waals surface area contributed by atoms with Crippen molar-refractivity contribution in [3.63, 3.8) is 0 Å². The highest BCUT2D eigenvalue weighted by Gasteiger charge is 2.11. The first-order valence-corrected chi connectivity index (χ1v) is 6.58. The second kappa shape index (κ2) is 6.90. The Hall–Kier alpha value is -1.87.